The predicted octanol–water partition coefficient (Wildman–Crippen LogP) is 1.61. The molecule has 1 unspecified atom stereocenters. The molecular weight excluding hydrogens is 226 g/mol. The van der Waals surface area contributed by atoms with Crippen LogP contribution in [0.25, 0.3) is 0 Å². The minimum atomic E-state index is -0.963. The summed E-state index contributed by atoms with van der Waals surface area (Å²) >= 11 is 1.33. The Balaban J connectivity index is 2.78. The quantitative estimate of drug-likeness (QED) is 0.783. The van der Waals surface area contributed by atoms with Gasteiger partial charge in [-0.2, -0.15) is 0 Å². The number of amides is 1. The van der Waals surface area contributed by atoms with Gasteiger partial charge in [-0.15, -0.1) is 11.8 Å². The lowest BCUT2D eigenvalue weighted by Crippen LogP contribution is -2.27. The molecule has 1 aromatic rings. The minimum Gasteiger partial charge on any atom is -0.478 e. The number of thioether (sulfide) groups is 1. The second-order valence-corrected chi connectivity index (χ2v) is 4.62. The van der Waals surface area contributed by atoms with E-state index in [0.717, 1.165) is 4.90 Å². The second kappa shape index (κ2) is 5.55. The maximum absolute atomic E-state index is 11.3. The van der Waals surface area contributed by atoms with Crippen LogP contribution in [0.5, 0.6) is 0 Å². The van der Waals surface area contributed by atoms with E-state index < -0.39 is 5.97 Å². The maximum Gasteiger partial charge on any atom is 0.335 e. The molecule has 2 N–H and O–H groups in total. The normalized spacial score (nSPS) is 11.9. The molecule has 16 heavy (non-hydrogen) atoms. The van der Waals surface area contributed by atoms with Crippen LogP contribution in [0.2, 0.25) is 0 Å². The first-order chi connectivity index (χ1) is 7.54. The molecular formula is C11H13NO3S. The Kier molecular flexibility index (Phi) is 4.37. The Morgan fingerprint density at radius 1 is 1.44 bits per heavy atom. The van der Waals surface area contributed by atoms with E-state index in [1.54, 1.807) is 32.2 Å². The summed E-state index contributed by atoms with van der Waals surface area (Å²) in [5.74, 6) is -1.04. The summed E-state index contributed by atoms with van der Waals surface area (Å²) in [6.45, 7) is 1.77. The van der Waals surface area contributed by atoms with Crippen LogP contribution in [0.1, 0.15) is 17.3 Å². The highest BCUT2D eigenvalue weighted by atomic mass is 32.2. The molecule has 5 heteroatoms. The average Bonchev–Trinajstić information content (AvgIpc) is 2.28. The summed E-state index contributed by atoms with van der Waals surface area (Å²) < 4.78 is 0. The summed E-state index contributed by atoms with van der Waals surface area (Å²) in [7, 11) is 1.58. The van der Waals surface area contributed by atoms with Crippen molar-refractivity contribution >= 4 is 23.6 Å². The number of benzene rings is 1. The van der Waals surface area contributed by atoms with Crippen molar-refractivity contribution in [1.29, 1.82) is 0 Å². The van der Waals surface area contributed by atoms with Crippen LogP contribution in [-0.2, 0) is 4.79 Å². The van der Waals surface area contributed by atoms with Gasteiger partial charge in [-0.3, -0.25) is 4.79 Å². The third-order valence-corrected chi connectivity index (χ3v) is 3.10. The largest absolute Gasteiger partial charge is 0.478 e. The summed E-state index contributed by atoms with van der Waals surface area (Å²) in [5, 5.41) is 11.1. The molecule has 0 heterocycles. The van der Waals surface area contributed by atoms with Crippen LogP contribution in [-0.4, -0.2) is 29.3 Å². The molecule has 0 radical (unpaired) electrons. The molecule has 1 rings (SSSR count). The van der Waals surface area contributed by atoms with Crippen molar-refractivity contribution in [2.75, 3.05) is 7.05 Å². The standard InChI is InChI=1S/C11H13NO3S/c1-7(10(13)12-2)16-9-5-3-4-8(6-9)11(14)15/h3-7H,1-2H3,(H,12,13)(H,14,15). The van der Waals surface area contributed by atoms with E-state index >= 15 is 0 Å². The molecule has 0 saturated heterocycles. The number of nitrogens with one attached hydrogen (secondary N) is 1. The number of hydrogen-bond donors (Lipinski definition) is 2. The first kappa shape index (κ1) is 12.6. The van der Waals surface area contributed by atoms with E-state index in [1.807, 2.05) is 0 Å². The fraction of sp³-hybridized carbons (Fsp3) is 0.273. The molecule has 1 atom stereocenters. The summed E-state index contributed by atoms with van der Waals surface area (Å²) in [5.41, 5.74) is 0.231. The highest BCUT2D eigenvalue weighted by Gasteiger charge is 2.13. The van der Waals surface area contributed by atoms with Gasteiger partial charge in [0, 0.05) is 11.9 Å². The first-order valence-electron chi connectivity index (χ1n) is 4.76. The van der Waals surface area contributed by atoms with Crippen molar-refractivity contribution in [3.8, 4) is 0 Å². The topological polar surface area (TPSA) is 66.4 Å². The van der Waals surface area contributed by atoms with E-state index in [-0.39, 0.29) is 16.7 Å². The summed E-state index contributed by atoms with van der Waals surface area (Å²) in [6, 6.07) is 6.54. The summed E-state index contributed by atoms with van der Waals surface area (Å²) in [6.07, 6.45) is 0. The van der Waals surface area contributed by atoms with Crippen molar-refractivity contribution in [3.63, 3.8) is 0 Å². The zero-order valence-electron chi connectivity index (χ0n) is 9.06. The highest BCUT2D eigenvalue weighted by molar-refractivity contribution is 8.00. The third-order valence-electron chi connectivity index (χ3n) is 2.01. The van der Waals surface area contributed by atoms with Gasteiger partial charge < -0.3 is 10.4 Å². The fourth-order valence-corrected chi connectivity index (χ4v) is 2.15. The van der Waals surface area contributed by atoms with Gasteiger partial charge in [0.15, 0.2) is 0 Å². The maximum atomic E-state index is 11.3. The monoisotopic (exact) mass is 239 g/mol. The Labute approximate surface area is 98.0 Å². The Hall–Kier alpha value is -1.49. The average molecular weight is 239 g/mol. The number of carbonyl (C=O) groups is 2. The molecule has 1 amide bonds. The number of carboxylic acid groups (broad SMARTS) is 1. The molecule has 0 saturated carbocycles. The molecule has 0 fully saturated rings. The molecule has 0 aliphatic rings. The van der Waals surface area contributed by atoms with E-state index in [9.17, 15) is 9.59 Å². The Morgan fingerprint density at radius 3 is 2.69 bits per heavy atom. The van der Waals surface area contributed by atoms with Gasteiger partial charge in [0.2, 0.25) is 5.91 Å². The van der Waals surface area contributed by atoms with Crippen LogP contribution in [0.4, 0.5) is 0 Å². The lowest BCUT2D eigenvalue weighted by atomic mass is 10.2. The number of rotatable bonds is 4. The van der Waals surface area contributed by atoms with Gasteiger partial charge in [0.25, 0.3) is 0 Å². The van der Waals surface area contributed by atoms with Gasteiger partial charge in [0.05, 0.1) is 10.8 Å². The number of carboxylic acids is 1. The van der Waals surface area contributed by atoms with Crippen molar-refractivity contribution in [2.45, 2.75) is 17.1 Å². The van der Waals surface area contributed by atoms with Crippen molar-refractivity contribution < 1.29 is 14.7 Å². The van der Waals surface area contributed by atoms with Crippen LogP contribution in [0, 0.1) is 0 Å². The van der Waals surface area contributed by atoms with E-state index in [2.05, 4.69) is 5.32 Å². The van der Waals surface area contributed by atoms with Gasteiger partial charge >= 0.3 is 5.97 Å². The Morgan fingerprint density at radius 2 is 2.12 bits per heavy atom. The summed E-state index contributed by atoms with van der Waals surface area (Å²) in [4.78, 5) is 22.8. The smallest absolute Gasteiger partial charge is 0.335 e. The molecule has 0 spiro atoms. The molecule has 0 aliphatic carbocycles. The van der Waals surface area contributed by atoms with Gasteiger partial charge in [-0.05, 0) is 25.1 Å². The van der Waals surface area contributed by atoms with Crippen LogP contribution in [0.15, 0.2) is 29.2 Å². The Bertz CT molecular complexity index is 406. The zero-order valence-corrected chi connectivity index (χ0v) is 9.88. The van der Waals surface area contributed by atoms with Crippen molar-refractivity contribution in [3.05, 3.63) is 29.8 Å². The SMILES string of the molecule is CNC(=O)C(C)Sc1cccc(C(=O)O)c1. The molecule has 86 valence electrons. The van der Waals surface area contributed by atoms with E-state index in [0.29, 0.717) is 0 Å². The van der Waals surface area contributed by atoms with Crippen LogP contribution < -0.4 is 5.32 Å². The predicted molar refractivity (Wildman–Crippen MR) is 62.8 cm³/mol. The number of carbonyl (C=O) groups excluding carboxylic acids is 1. The zero-order chi connectivity index (χ0) is 12.1. The van der Waals surface area contributed by atoms with Crippen molar-refractivity contribution in [1.82, 2.24) is 5.32 Å². The molecule has 4 nitrogen and oxygen atoms in total. The van der Waals surface area contributed by atoms with Crippen LogP contribution in [0.3, 0.4) is 0 Å². The fourth-order valence-electron chi connectivity index (χ4n) is 1.16. The molecule has 1 aromatic carbocycles. The third kappa shape index (κ3) is 3.27. The second-order valence-electron chi connectivity index (χ2n) is 3.21. The first-order valence-corrected chi connectivity index (χ1v) is 5.64. The van der Waals surface area contributed by atoms with E-state index in [4.69, 9.17) is 5.11 Å². The van der Waals surface area contributed by atoms with Gasteiger partial charge in [-0.1, -0.05) is 6.07 Å². The number of aromatic carboxylic acids is 1. The molecule has 0 aromatic heterocycles. The lowest BCUT2D eigenvalue weighted by Gasteiger charge is -2.09. The molecule has 0 aliphatic heterocycles. The number of hydrogen-bond acceptors (Lipinski definition) is 3. The minimum absolute atomic E-state index is 0.0780. The lowest BCUT2D eigenvalue weighted by molar-refractivity contribution is -0.119. The van der Waals surface area contributed by atoms with Crippen molar-refractivity contribution in [2.24, 2.45) is 0 Å². The van der Waals surface area contributed by atoms with Gasteiger partial charge in [-0.25, -0.2) is 4.79 Å². The van der Waals surface area contributed by atoms with Gasteiger partial charge in [0.1, 0.15) is 0 Å². The van der Waals surface area contributed by atoms with Crippen LogP contribution >= 0.6 is 11.8 Å². The highest BCUT2D eigenvalue weighted by Crippen LogP contribution is 2.24. The van der Waals surface area contributed by atoms with E-state index in [1.165, 1.54) is 17.8 Å². The molecule has 0 bridgehead atoms.